The molecule has 3 rings (SSSR count). The van der Waals surface area contributed by atoms with Gasteiger partial charge >= 0.3 is 0 Å². The molecule has 2 aromatic rings. The first-order chi connectivity index (χ1) is 14.1. The van der Waals surface area contributed by atoms with Gasteiger partial charge in [0.1, 0.15) is 5.75 Å². The van der Waals surface area contributed by atoms with Crippen LogP contribution in [0.1, 0.15) is 24.2 Å². The molecule has 1 atom stereocenters. The highest BCUT2D eigenvalue weighted by atomic mass is 16.5. The summed E-state index contributed by atoms with van der Waals surface area (Å²) in [6.45, 7) is 8.93. The highest BCUT2D eigenvalue weighted by Gasteiger charge is 2.24. The fraction of sp³-hybridized carbons (Fsp3) is 0.545. The van der Waals surface area contributed by atoms with Crippen molar-refractivity contribution in [2.75, 3.05) is 45.2 Å². The third-order valence-electron chi connectivity index (χ3n) is 5.44. The third-order valence-corrected chi connectivity index (χ3v) is 5.44. The van der Waals surface area contributed by atoms with Crippen LogP contribution < -0.4 is 20.3 Å². The Morgan fingerprint density at radius 3 is 2.83 bits per heavy atom. The maximum atomic E-state index is 5.51. The van der Waals surface area contributed by atoms with Crippen LogP contribution in [-0.4, -0.2) is 56.1 Å². The van der Waals surface area contributed by atoms with E-state index in [0.29, 0.717) is 5.92 Å². The van der Waals surface area contributed by atoms with Crippen LogP contribution in [0.4, 0.5) is 5.69 Å². The Hall–Kier alpha value is -2.70. The predicted molar refractivity (Wildman–Crippen MR) is 119 cm³/mol. The van der Waals surface area contributed by atoms with Gasteiger partial charge in [0.25, 0.3) is 0 Å². The Labute approximate surface area is 174 Å². The Kier molecular flexibility index (Phi) is 7.38. The lowest BCUT2D eigenvalue weighted by Gasteiger charge is -2.21. The maximum Gasteiger partial charge on any atom is 0.190 e. The molecule has 0 bridgehead atoms. The summed E-state index contributed by atoms with van der Waals surface area (Å²) in [5.41, 5.74) is 3.47. The molecule has 7 nitrogen and oxygen atoms in total. The zero-order valence-corrected chi connectivity index (χ0v) is 18.1. The van der Waals surface area contributed by atoms with E-state index in [4.69, 9.17) is 4.74 Å². The number of para-hydroxylation sites is 2. The molecule has 158 valence electrons. The van der Waals surface area contributed by atoms with Gasteiger partial charge in [0, 0.05) is 45.5 Å². The molecule has 0 radical (unpaired) electrons. The quantitative estimate of drug-likeness (QED) is 0.406. The second kappa shape index (κ2) is 10.2. The molecule has 7 heteroatoms. The van der Waals surface area contributed by atoms with Crippen molar-refractivity contribution in [2.45, 2.75) is 33.2 Å². The number of hydrogen-bond acceptors (Lipinski definition) is 4. The van der Waals surface area contributed by atoms with Crippen molar-refractivity contribution in [1.29, 1.82) is 0 Å². The van der Waals surface area contributed by atoms with Gasteiger partial charge in [-0.3, -0.25) is 9.67 Å². The number of hydrogen-bond donors (Lipinski definition) is 2. The number of ether oxygens (including phenoxy) is 1. The summed E-state index contributed by atoms with van der Waals surface area (Å²) in [6.07, 6.45) is 2.17. The van der Waals surface area contributed by atoms with E-state index in [2.05, 4.69) is 55.4 Å². The molecule has 2 heterocycles. The van der Waals surface area contributed by atoms with Crippen LogP contribution in [0.25, 0.3) is 0 Å². The summed E-state index contributed by atoms with van der Waals surface area (Å²) >= 11 is 0. The summed E-state index contributed by atoms with van der Waals surface area (Å²) in [5.74, 6) is 2.41. The molecule has 1 aromatic carbocycles. The van der Waals surface area contributed by atoms with Gasteiger partial charge in [-0.05, 0) is 50.8 Å². The van der Waals surface area contributed by atoms with E-state index in [1.54, 1.807) is 7.11 Å². The minimum atomic E-state index is 0.591. The van der Waals surface area contributed by atoms with Gasteiger partial charge in [-0.2, -0.15) is 5.10 Å². The monoisotopic (exact) mass is 398 g/mol. The van der Waals surface area contributed by atoms with Crippen LogP contribution in [0.2, 0.25) is 0 Å². The number of rotatable bonds is 8. The minimum absolute atomic E-state index is 0.591. The Balaban J connectivity index is 1.39. The largest absolute Gasteiger partial charge is 0.495 e. The van der Waals surface area contributed by atoms with Crippen molar-refractivity contribution >= 4 is 11.6 Å². The van der Waals surface area contributed by atoms with Crippen LogP contribution >= 0.6 is 0 Å². The third kappa shape index (κ3) is 5.65. The molecular formula is C22H34N6O. The SMILES string of the molecule is CN=C(NCCCn1nc(C)cc1C)NCC1CCN(c2ccccc2OC)C1. The minimum Gasteiger partial charge on any atom is -0.495 e. The molecule has 1 fully saturated rings. The lowest BCUT2D eigenvalue weighted by molar-refractivity contribution is 0.414. The van der Waals surface area contributed by atoms with Gasteiger partial charge in [-0.15, -0.1) is 0 Å². The van der Waals surface area contributed by atoms with E-state index >= 15 is 0 Å². The Bertz CT molecular complexity index is 815. The van der Waals surface area contributed by atoms with E-state index in [9.17, 15) is 0 Å². The Morgan fingerprint density at radius 1 is 1.28 bits per heavy atom. The molecule has 0 spiro atoms. The predicted octanol–water partition coefficient (Wildman–Crippen LogP) is 2.59. The molecular weight excluding hydrogens is 364 g/mol. The van der Waals surface area contributed by atoms with Gasteiger partial charge in [-0.1, -0.05) is 12.1 Å². The summed E-state index contributed by atoms with van der Waals surface area (Å²) in [6, 6.07) is 10.4. The van der Waals surface area contributed by atoms with Crippen molar-refractivity contribution in [2.24, 2.45) is 10.9 Å². The molecule has 2 N–H and O–H groups in total. The topological polar surface area (TPSA) is 66.7 Å². The van der Waals surface area contributed by atoms with E-state index in [0.717, 1.165) is 56.5 Å². The van der Waals surface area contributed by atoms with Crippen LogP contribution in [0.3, 0.4) is 0 Å². The smallest absolute Gasteiger partial charge is 0.190 e. The number of aromatic nitrogens is 2. The highest BCUT2D eigenvalue weighted by molar-refractivity contribution is 5.79. The second-order valence-electron chi connectivity index (χ2n) is 7.66. The first-order valence-electron chi connectivity index (χ1n) is 10.4. The fourth-order valence-electron chi connectivity index (χ4n) is 3.91. The van der Waals surface area contributed by atoms with Gasteiger partial charge in [0.15, 0.2) is 5.96 Å². The lowest BCUT2D eigenvalue weighted by Crippen LogP contribution is -2.40. The zero-order chi connectivity index (χ0) is 20.6. The summed E-state index contributed by atoms with van der Waals surface area (Å²) < 4.78 is 7.58. The number of nitrogens with one attached hydrogen (secondary N) is 2. The van der Waals surface area contributed by atoms with Crippen LogP contribution in [0, 0.1) is 19.8 Å². The number of nitrogens with zero attached hydrogens (tertiary/aromatic N) is 4. The van der Waals surface area contributed by atoms with E-state index in [-0.39, 0.29) is 0 Å². The molecule has 1 aromatic heterocycles. The average molecular weight is 399 g/mol. The molecule has 0 amide bonds. The summed E-state index contributed by atoms with van der Waals surface area (Å²) in [4.78, 5) is 6.77. The van der Waals surface area contributed by atoms with E-state index in [1.165, 1.54) is 17.8 Å². The maximum absolute atomic E-state index is 5.51. The molecule has 1 unspecified atom stereocenters. The van der Waals surface area contributed by atoms with Crippen molar-refractivity contribution in [3.8, 4) is 5.75 Å². The van der Waals surface area contributed by atoms with Crippen molar-refractivity contribution < 1.29 is 4.74 Å². The first kappa shape index (κ1) is 21.0. The van der Waals surface area contributed by atoms with E-state index in [1.807, 2.05) is 26.1 Å². The number of methoxy groups -OCH3 is 1. The van der Waals surface area contributed by atoms with Gasteiger partial charge < -0.3 is 20.3 Å². The number of guanidine groups is 1. The van der Waals surface area contributed by atoms with Crippen LogP contribution in [-0.2, 0) is 6.54 Å². The van der Waals surface area contributed by atoms with E-state index < -0.39 is 0 Å². The zero-order valence-electron chi connectivity index (χ0n) is 18.1. The van der Waals surface area contributed by atoms with Crippen molar-refractivity contribution in [3.05, 3.63) is 41.7 Å². The molecule has 1 aliphatic rings. The number of benzene rings is 1. The summed E-state index contributed by atoms with van der Waals surface area (Å²) in [7, 11) is 3.56. The fourth-order valence-corrected chi connectivity index (χ4v) is 3.91. The standard InChI is InChI=1S/C22H34N6O/c1-17-14-18(2)28(26-17)12-7-11-24-22(23-3)25-15-19-10-13-27(16-19)20-8-5-6-9-21(20)29-4/h5-6,8-9,14,19H,7,10-13,15-16H2,1-4H3,(H2,23,24,25). The molecule has 29 heavy (non-hydrogen) atoms. The van der Waals surface area contributed by atoms with Crippen molar-refractivity contribution in [3.63, 3.8) is 0 Å². The second-order valence-corrected chi connectivity index (χ2v) is 7.66. The number of aliphatic imine (C=N–C) groups is 1. The normalized spacial score (nSPS) is 16.9. The molecule has 1 aliphatic heterocycles. The van der Waals surface area contributed by atoms with Gasteiger partial charge in [0.2, 0.25) is 0 Å². The van der Waals surface area contributed by atoms with Gasteiger partial charge in [-0.25, -0.2) is 0 Å². The van der Waals surface area contributed by atoms with Crippen LogP contribution in [0.5, 0.6) is 5.75 Å². The van der Waals surface area contributed by atoms with Crippen molar-refractivity contribution in [1.82, 2.24) is 20.4 Å². The number of aryl methyl sites for hydroxylation is 3. The van der Waals surface area contributed by atoms with Gasteiger partial charge in [0.05, 0.1) is 18.5 Å². The molecule has 1 saturated heterocycles. The first-order valence-corrected chi connectivity index (χ1v) is 10.4. The average Bonchev–Trinajstić information content (AvgIpc) is 3.33. The van der Waals surface area contributed by atoms with Crippen LogP contribution in [0.15, 0.2) is 35.3 Å². The lowest BCUT2D eigenvalue weighted by atomic mass is 10.1. The number of anilines is 1. The highest BCUT2D eigenvalue weighted by Crippen LogP contribution is 2.31. The molecule has 0 saturated carbocycles. The summed E-state index contributed by atoms with van der Waals surface area (Å²) in [5, 5.41) is 11.4. The molecule has 0 aliphatic carbocycles. The Morgan fingerprint density at radius 2 is 2.10 bits per heavy atom.